The van der Waals surface area contributed by atoms with E-state index in [1.54, 1.807) is 13.0 Å². The molecule has 0 unspecified atom stereocenters. The number of halogens is 3. The molecule has 2 aromatic heterocycles. The van der Waals surface area contributed by atoms with Gasteiger partial charge < -0.3 is 5.32 Å². The van der Waals surface area contributed by atoms with Crippen LogP contribution in [-0.2, 0) is 11.2 Å². The zero-order valence-corrected chi connectivity index (χ0v) is 22.5. The van der Waals surface area contributed by atoms with Crippen LogP contribution in [0.25, 0.3) is 28.0 Å². The summed E-state index contributed by atoms with van der Waals surface area (Å²) in [6.07, 6.45) is 1.15. The minimum absolute atomic E-state index is 0.0201. The number of nitrogens with zero attached hydrogens (tertiary/aromatic N) is 3. The van der Waals surface area contributed by atoms with E-state index in [1.165, 1.54) is 30.3 Å². The molecule has 0 aliphatic rings. The van der Waals surface area contributed by atoms with Crippen LogP contribution in [0.15, 0.2) is 77.6 Å². The van der Waals surface area contributed by atoms with Gasteiger partial charge in [-0.15, -0.1) is 0 Å². The molecule has 6 nitrogen and oxygen atoms in total. The van der Waals surface area contributed by atoms with Crippen molar-refractivity contribution in [3.8, 4) is 16.9 Å². The Hall–Kier alpha value is -4.79. The van der Waals surface area contributed by atoms with Crippen LogP contribution in [-0.4, -0.2) is 26.9 Å². The maximum atomic E-state index is 14.8. The molecule has 0 radical (unpaired) electrons. The van der Waals surface area contributed by atoms with Crippen LogP contribution in [0.1, 0.15) is 29.5 Å². The van der Waals surface area contributed by atoms with Gasteiger partial charge in [0.05, 0.1) is 5.69 Å². The Balaban J connectivity index is 1.50. The molecule has 0 spiro atoms. The Labute approximate surface area is 234 Å². The normalized spacial score (nSPS) is 11.1. The fourth-order valence-corrected chi connectivity index (χ4v) is 4.83. The first kappa shape index (κ1) is 27.8. The van der Waals surface area contributed by atoms with Gasteiger partial charge in [0.25, 0.3) is 5.56 Å². The minimum Gasteiger partial charge on any atom is -0.354 e. The van der Waals surface area contributed by atoms with Gasteiger partial charge in [-0.3, -0.25) is 14.2 Å². The molecular formula is C32H27F3N4O2. The molecular weight excluding hydrogens is 529 g/mol. The lowest BCUT2D eigenvalue weighted by atomic mass is 10.0. The van der Waals surface area contributed by atoms with E-state index in [-0.39, 0.29) is 17.4 Å². The second kappa shape index (κ2) is 11.8. The smallest absolute Gasteiger partial charge is 0.256 e. The summed E-state index contributed by atoms with van der Waals surface area (Å²) >= 11 is 0. The molecule has 0 bridgehead atoms. The summed E-state index contributed by atoms with van der Waals surface area (Å²) in [6, 6.07) is 18.0. The van der Waals surface area contributed by atoms with Crippen molar-refractivity contribution in [3.05, 3.63) is 117 Å². The van der Waals surface area contributed by atoms with Gasteiger partial charge in [-0.05, 0) is 67.8 Å². The lowest BCUT2D eigenvalue weighted by Gasteiger charge is -2.16. The van der Waals surface area contributed by atoms with Crippen LogP contribution in [0.5, 0.6) is 0 Å². The van der Waals surface area contributed by atoms with Crippen LogP contribution in [0.4, 0.5) is 19.1 Å². The summed E-state index contributed by atoms with van der Waals surface area (Å²) in [6.45, 7) is 4.02. The third kappa shape index (κ3) is 6.04. The van der Waals surface area contributed by atoms with Crippen molar-refractivity contribution in [1.29, 1.82) is 0 Å². The highest BCUT2D eigenvalue weighted by atomic mass is 19.1. The second-order valence-electron chi connectivity index (χ2n) is 9.90. The van der Waals surface area contributed by atoms with Crippen LogP contribution < -0.4 is 10.9 Å². The van der Waals surface area contributed by atoms with Crippen LogP contribution in [0, 0.1) is 31.3 Å². The van der Waals surface area contributed by atoms with Crippen molar-refractivity contribution >= 4 is 22.8 Å². The third-order valence-corrected chi connectivity index (χ3v) is 6.75. The van der Waals surface area contributed by atoms with E-state index in [2.05, 4.69) is 15.3 Å². The van der Waals surface area contributed by atoms with Gasteiger partial charge >= 0.3 is 0 Å². The van der Waals surface area contributed by atoms with Gasteiger partial charge in [-0.1, -0.05) is 35.9 Å². The van der Waals surface area contributed by atoms with E-state index >= 15 is 0 Å². The number of hydrogen-bond acceptors (Lipinski definition) is 5. The summed E-state index contributed by atoms with van der Waals surface area (Å²) in [5, 5.41) is 3.43. The van der Waals surface area contributed by atoms with Crippen molar-refractivity contribution in [2.24, 2.45) is 0 Å². The first-order chi connectivity index (χ1) is 19.7. The Morgan fingerprint density at radius 1 is 0.902 bits per heavy atom. The molecule has 5 rings (SSSR count). The van der Waals surface area contributed by atoms with Crippen molar-refractivity contribution in [3.63, 3.8) is 0 Å². The molecule has 0 aliphatic carbocycles. The standard InChI is InChI=1S/C32H27F3N4O2/c1-19-6-3-7-21(16-19)18-23(40)8-5-15-36-32-37-29(24-12-11-22(33)17-20(24)2)25-13-14-28(41)39(31(25)38-32)30-26(34)9-4-10-27(30)35/h3-4,6-7,9-14,16-17H,5,8,15,18H2,1-2H3,(H,36,37,38). The number of ketones is 1. The number of aryl methyl sites for hydroxylation is 2. The summed E-state index contributed by atoms with van der Waals surface area (Å²) in [4.78, 5) is 34.6. The monoisotopic (exact) mass is 556 g/mol. The van der Waals surface area contributed by atoms with E-state index < -0.39 is 28.7 Å². The SMILES string of the molecule is Cc1cccc(CC(=O)CCCNc2nc(-c3ccc(F)cc3C)c3ccc(=O)n(-c4c(F)cccc4F)c3n2)c1. The number of fused-ring (bicyclic) bond motifs is 1. The second-order valence-corrected chi connectivity index (χ2v) is 9.90. The van der Waals surface area contributed by atoms with Gasteiger partial charge in [0, 0.05) is 36.4 Å². The maximum absolute atomic E-state index is 14.8. The van der Waals surface area contributed by atoms with Crippen molar-refractivity contribution in [1.82, 2.24) is 14.5 Å². The molecule has 0 saturated heterocycles. The van der Waals surface area contributed by atoms with Gasteiger partial charge in [0.1, 0.15) is 28.9 Å². The molecule has 0 amide bonds. The molecule has 9 heteroatoms. The Kier molecular flexibility index (Phi) is 7.96. The molecule has 0 aliphatic heterocycles. The number of nitrogens with one attached hydrogen (secondary N) is 1. The number of pyridine rings is 1. The zero-order valence-electron chi connectivity index (χ0n) is 22.5. The van der Waals surface area contributed by atoms with Gasteiger partial charge in [-0.2, -0.15) is 4.98 Å². The summed E-state index contributed by atoms with van der Waals surface area (Å²) in [7, 11) is 0. The topological polar surface area (TPSA) is 76.9 Å². The minimum atomic E-state index is -0.931. The average molecular weight is 557 g/mol. The van der Waals surface area contributed by atoms with Crippen LogP contribution in [0.3, 0.4) is 0 Å². The molecule has 0 saturated carbocycles. The number of para-hydroxylation sites is 1. The number of hydrogen-bond donors (Lipinski definition) is 1. The predicted molar refractivity (Wildman–Crippen MR) is 153 cm³/mol. The highest BCUT2D eigenvalue weighted by Gasteiger charge is 2.20. The molecule has 3 aromatic carbocycles. The molecule has 1 N–H and O–H groups in total. The Bertz CT molecular complexity index is 1810. The number of carbonyl (C=O) groups is 1. The number of aromatic nitrogens is 3. The number of carbonyl (C=O) groups excluding carboxylic acids is 1. The Morgan fingerprint density at radius 2 is 1.66 bits per heavy atom. The number of rotatable bonds is 9. The fourth-order valence-electron chi connectivity index (χ4n) is 4.83. The van der Waals surface area contributed by atoms with Crippen LogP contribution in [0.2, 0.25) is 0 Å². The van der Waals surface area contributed by atoms with Crippen molar-refractivity contribution in [2.75, 3.05) is 11.9 Å². The largest absolute Gasteiger partial charge is 0.354 e. The molecule has 41 heavy (non-hydrogen) atoms. The number of Topliss-reactive ketones (excluding diaryl/α,β-unsaturated/α-hetero) is 1. The lowest BCUT2D eigenvalue weighted by Crippen LogP contribution is -2.21. The maximum Gasteiger partial charge on any atom is 0.256 e. The molecule has 208 valence electrons. The number of anilines is 1. The summed E-state index contributed by atoms with van der Waals surface area (Å²) < 4.78 is 44.5. The molecule has 2 heterocycles. The average Bonchev–Trinajstić information content (AvgIpc) is 2.92. The predicted octanol–water partition coefficient (Wildman–Crippen LogP) is 6.49. The van der Waals surface area contributed by atoms with E-state index in [9.17, 15) is 22.8 Å². The van der Waals surface area contributed by atoms with E-state index in [1.807, 2.05) is 31.2 Å². The van der Waals surface area contributed by atoms with E-state index in [0.29, 0.717) is 48.0 Å². The van der Waals surface area contributed by atoms with E-state index in [4.69, 9.17) is 0 Å². The third-order valence-electron chi connectivity index (χ3n) is 6.75. The summed E-state index contributed by atoms with van der Waals surface area (Å²) in [5.41, 5.74) is 2.28. The van der Waals surface area contributed by atoms with Crippen molar-refractivity contribution in [2.45, 2.75) is 33.1 Å². The lowest BCUT2D eigenvalue weighted by molar-refractivity contribution is -0.118. The Morgan fingerprint density at radius 3 is 2.39 bits per heavy atom. The van der Waals surface area contributed by atoms with Gasteiger partial charge in [-0.25, -0.2) is 18.2 Å². The highest BCUT2D eigenvalue weighted by molar-refractivity contribution is 5.93. The molecule has 5 aromatic rings. The molecule has 0 atom stereocenters. The van der Waals surface area contributed by atoms with Crippen LogP contribution >= 0.6 is 0 Å². The number of benzene rings is 3. The summed E-state index contributed by atoms with van der Waals surface area (Å²) in [5.74, 6) is -2.11. The fraction of sp³-hybridized carbons (Fsp3) is 0.188. The molecule has 0 fully saturated rings. The van der Waals surface area contributed by atoms with Crippen molar-refractivity contribution < 1.29 is 18.0 Å². The quantitative estimate of drug-likeness (QED) is 0.210. The van der Waals surface area contributed by atoms with E-state index in [0.717, 1.165) is 27.8 Å². The van der Waals surface area contributed by atoms with Gasteiger partial charge in [0.15, 0.2) is 5.65 Å². The first-order valence-corrected chi connectivity index (χ1v) is 13.2. The van der Waals surface area contributed by atoms with Gasteiger partial charge in [0.2, 0.25) is 5.95 Å². The first-order valence-electron chi connectivity index (χ1n) is 13.2. The zero-order chi connectivity index (χ0) is 29.1. The highest BCUT2D eigenvalue weighted by Crippen LogP contribution is 2.31.